The van der Waals surface area contributed by atoms with Crippen molar-refractivity contribution in [3.63, 3.8) is 0 Å². The molecule has 0 aromatic rings. The quantitative estimate of drug-likeness (QED) is 0.181. The fourth-order valence-corrected chi connectivity index (χ4v) is 8.64. The highest BCUT2D eigenvalue weighted by molar-refractivity contribution is 8.02. The van der Waals surface area contributed by atoms with Crippen molar-refractivity contribution in [1.82, 2.24) is 9.80 Å². The van der Waals surface area contributed by atoms with E-state index in [9.17, 15) is 19.5 Å². The molecule has 2 bridgehead atoms. The smallest absolute Gasteiger partial charge is 0.310 e. The lowest BCUT2D eigenvalue weighted by molar-refractivity contribution is -0.155. The SMILES string of the molecule is C=CCCCCOC(=O)[C@@H]1[C@@H]2CCC3(S2)C(C(=O)N(CC=C)CCCCC)N([C@@H](CO)C(C)C)C(=O)[C@H]13. The number of ether oxygens (including phenoxy) is 1. The van der Waals surface area contributed by atoms with E-state index in [1.807, 2.05) is 24.8 Å². The molecule has 0 aliphatic carbocycles. The molecular formula is C29H46N2O5S. The number of carbonyl (C=O) groups is 3. The summed E-state index contributed by atoms with van der Waals surface area (Å²) in [7, 11) is 0. The summed E-state index contributed by atoms with van der Waals surface area (Å²) in [4.78, 5) is 45.2. The van der Waals surface area contributed by atoms with Gasteiger partial charge in [-0.05, 0) is 44.4 Å². The molecule has 2 amide bonds. The number of thioether (sulfide) groups is 1. The average molecular weight is 535 g/mol. The number of aliphatic hydroxyl groups excluding tert-OH is 1. The van der Waals surface area contributed by atoms with Gasteiger partial charge < -0.3 is 19.6 Å². The van der Waals surface area contributed by atoms with Crippen molar-refractivity contribution in [1.29, 1.82) is 0 Å². The van der Waals surface area contributed by atoms with Gasteiger partial charge in [-0.1, -0.05) is 45.8 Å². The van der Waals surface area contributed by atoms with Crippen molar-refractivity contribution in [3.05, 3.63) is 25.3 Å². The Labute approximate surface area is 227 Å². The van der Waals surface area contributed by atoms with Crippen LogP contribution >= 0.6 is 11.8 Å². The Morgan fingerprint density at radius 1 is 1.24 bits per heavy atom. The lowest BCUT2D eigenvalue weighted by Crippen LogP contribution is -2.58. The van der Waals surface area contributed by atoms with Crippen LogP contribution in [-0.2, 0) is 19.1 Å². The van der Waals surface area contributed by atoms with E-state index < -0.39 is 28.7 Å². The molecule has 3 heterocycles. The van der Waals surface area contributed by atoms with Crippen LogP contribution in [0.5, 0.6) is 0 Å². The lowest BCUT2D eigenvalue weighted by atomic mass is 9.71. The predicted molar refractivity (Wildman–Crippen MR) is 148 cm³/mol. The molecule has 0 saturated carbocycles. The molecule has 3 aliphatic rings. The topological polar surface area (TPSA) is 87.2 Å². The summed E-state index contributed by atoms with van der Waals surface area (Å²) in [5, 5.41) is 10.3. The Hall–Kier alpha value is -1.80. The molecule has 7 nitrogen and oxygen atoms in total. The zero-order valence-electron chi connectivity index (χ0n) is 22.9. The number of hydrogen-bond donors (Lipinski definition) is 1. The molecule has 2 unspecified atom stereocenters. The first-order chi connectivity index (χ1) is 17.8. The molecule has 208 valence electrons. The maximum absolute atomic E-state index is 14.3. The largest absolute Gasteiger partial charge is 0.465 e. The van der Waals surface area contributed by atoms with Crippen LogP contribution in [0.4, 0.5) is 0 Å². The third-order valence-electron chi connectivity index (χ3n) is 8.30. The van der Waals surface area contributed by atoms with Gasteiger partial charge in [-0.15, -0.1) is 24.9 Å². The molecule has 3 rings (SSSR count). The fourth-order valence-electron chi connectivity index (χ4n) is 6.45. The van der Waals surface area contributed by atoms with Crippen molar-refractivity contribution in [2.45, 2.75) is 94.2 Å². The number of rotatable bonds is 16. The van der Waals surface area contributed by atoms with E-state index in [-0.39, 0.29) is 35.6 Å². The number of unbranched alkanes of at least 4 members (excludes halogenated alkanes) is 4. The summed E-state index contributed by atoms with van der Waals surface area (Å²) in [5.41, 5.74) is 0. The molecule has 0 radical (unpaired) electrons. The summed E-state index contributed by atoms with van der Waals surface area (Å²) in [5.74, 6) is -1.77. The van der Waals surface area contributed by atoms with Gasteiger partial charge in [0.1, 0.15) is 6.04 Å². The van der Waals surface area contributed by atoms with Crippen LogP contribution in [0, 0.1) is 17.8 Å². The molecule has 0 aromatic heterocycles. The standard InChI is InChI=1S/C29H46N2O5S/c1-6-9-11-13-18-36-28(35)23-22-14-15-29(37-22)24(23)26(33)31(21(19-32)20(4)5)25(29)27(34)30(16-8-3)17-12-10-7-2/h6,8,20-25,32H,1,3,7,9-19H2,2,4-5H3/t21-,22-,23+,24-,25?,29?/m0/s1. The lowest BCUT2D eigenvalue weighted by Gasteiger charge is -2.40. The molecule has 1 N–H and O–H groups in total. The van der Waals surface area contributed by atoms with Crippen LogP contribution < -0.4 is 0 Å². The molecule has 3 aliphatic heterocycles. The molecule has 37 heavy (non-hydrogen) atoms. The van der Waals surface area contributed by atoms with Crippen molar-refractivity contribution >= 4 is 29.5 Å². The van der Waals surface area contributed by atoms with Crippen LogP contribution in [0.2, 0.25) is 0 Å². The van der Waals surface area contributed by atoms with Gasteiger partial charge in [-0.2, -0.15) is 0 Å². The first kappa shape index (κ1) is 29.8. The second kappa shape index (κ2) is 13.3. The minimum atomic E-state index is -0.702. The van der Waals surface area contributed by atoms with Gasteiger partial charge in [-0.25, -0.2) is 0 Å². The van der Waals surface area contributed by atoms with Crippen molar-refractivity contribution < 1.29 is 24.2 Å². The van der Waals surface area contributed by atoms with Crippen molar-refractivity contribution in [2.75, 3.05) is 26.3 Å². The van der Waals surface area contributed by atoms with E-state index in [1.54, 1.807) is 22.7 Å². The molecule has 1 spiro atoms. The highest BCUT2D eigenvalue weighted by Crippen LogP contribution is 2.67. The second-order valence-electron chi connectivity index (χ2n) is 11.0. The number of hydrogen-bond acceptors (Lipinski definition) is 6. The zero-order chi connectivity index (χ0) is 27.2. The zero-order valence-corrected chi connectivity index (χ0v) is 23.7. The second-order valence-corrected chi connectivity index (χ2v) is 12.6. The Bertz CT molecular complexity index is 848. The van der Waals surface area contributed by atoms with Crippen LogP contribution in [0.1, 0.15) is 72.1 Å². The van der Waals surface area contributed by atoms with Crippen LogP contribution in [-0.4, -0.2) is 81.1 Å². The number of nitrogens with zero attached hydrogens (tertiary/aromatic N) is 2. The summed E-state index contributed by atoms with van der Waals surface area (Å²) in [6.07, 6.45) is 10.6. The number of aliphatic hydroxyl groups is 1. The summed E-state index contributed by atoms with van der Waals surface area (Å²) in [6.45, 7) is 14.8. The van der Waals surface area contributed by atoms with E-state index in [0.717, 1.165) is 44.9 Å². The Morgan fingerprint density at radius 2 is 2.00 bits per heavy atom. The third-order valence-corrected chi connectivity index (χ3v) is 10.2. The fraction of sp³-hybridized carbons (Fsp3) is 0.759. The van der Waals surface area contributed by atoms with E-state index in [1.165, 1.54) is 0 Å². The Morgan fingerprint density at radius 3 is 2.62 bits per heavy atom. The normalized spacial score (nSPS) is 28.9. The van der Waals surface area contributed by atoms with E-state index in [2.05, 4.69) is 20.1 Å². The summed E-state index contributed by atoms with van der Waals surface area (Å²) >= 11 is 1.65. The molecule has 0 aromatic carbocycles. The minimum absolute atomic E-state index is 0.0216. The van der Waals surface area contributed by atoms with E-state index >= 15 is 0 Å². The third kappa shape index (κ3) is 5.80. The molecular weight excluding hydrogens is 488 g/mol. The maximum Gasteiger partial charge on any atom is 0.310 e. The van der Waals surface area contributed by atoms with Gasteiger partial charge in [0.15, 0.2) is 0 Å². The van der Waals surface area contributed by atoms with Crippen LogP contribution in [0.3, 0.4) is 0 Å². The Balaban J connectivity index is 1.94. The van der Waals surface area contributed by atoms with Gasteiger partial charge in [0.25, 0.3) is 0 Å². The monoisotopic (exact) mass is 534 g/mol. The van der Waals surface area contributed by atoms with E-state index in [0.29, 0.717) is 26.1 Å². The van der Waals surface area contributed by atoms with E-state index in [4.69, 9.17) is 4.74 Å². The molecule has 3 fully saturated rings. The summed E-state index contributed by atoms with van der Waals surface area (Å²) in [6, 6.07) is -1.19. The maximum atomic E-state index is 14.3. The highest BCUT2D eigenvalue weighted by atomic mass is 32.2. The first-order valence-corrected chi connectivity index (χ1v) is 14.9. The number of fused-ring (bicyclic) bond motifs is 1. The van der Waals surface area contributed by atoms with Crippen molar-refractivity contribution in [2.24, 2.45) is 17.8 Å². The van der Waals surface area contributed by atoms with Crippen LogP contribution in [0.15, 0.2) is 25.3 Å². The van der Waals surface area contributed by atoms with Crippen LogP contribution in [0.25, 0.3) is 0 Å². The number of carbonyl (C=O) groups excluding carboxylic acids is 3. The van der Waals surface area contributed by atoms with Crippen molar-refractivity contribution in [3.8, 4) is 0 Å². The number of esters is 1. The highest BCUT2D eigenvalue weighted by Gasteiger charge is 2.74. The van der Waals surface area contributed by atoms with Gasteiger partial charge >= 0.3 is 5.97 Å². The minimum Gasteiger partial charge on any atom is -0.465 e. The average Bonchev–Trinajstić information content (AvgIpc) is 3.51. The first-order valence-electron chi connectivity index (χ1n) is 14.1. The van der Waals surface area contributed by atoms with Gasteiger partial charge in [-0.3, -0.25) is 14.4 Å². The van der Waals surface area contributed by atoms with Gasteiger partial charge in [0, 0.05) is 18.3 Å². The number of amides is 2. The Kier molecular flexibility index (Phi) is 10.7. The number of likely N-dealkylation sites (tertiary alicyclic amines) is 1. The van der Waals surface area contributed by atoms with Gasteiger partial charge in [0.05, 0.1) is 35.8 Å². The molecule has 3 saturated heterocycles. The molecule has 6 atom stereocenters. The number of allylic oxidation sites excluding steroid dienone is 1. The van der Waals surface area contributed by atoms with Gasteiger partial charge in [0.2, 0.25) is 11.8 Å². The predicted octanol–water partition coefficient (Wildman–Crippen LogP) is 4.20. The molecule has 8 heteroatoms. The summed E-state index contributed by atoms with van der Waals surface area (Å²) < 4.78 is 5.01.